The van der Waals surface area contributed by atoms with Crippen LogP contribution < -0.4 is 11.1 Å². The van der Waals surface area contributed by atoms with Gasteiger partial charge in [-0.25, -0.2) is 0 Å². The van der Waals surface area contributed by atoms with Crippen LogP contribution in [-0.4, -0.2) is 29.6 Å². The Kier molecular flexibility index (Phi) is 6.52. The van der Waals surface area contributed by atoms with Gasteiger partial charge in [-0.3, -0.25) is 4.79 Å². The van der Waals surface area contributed by atoms with Crippen molar-refractivity contribution in [2.45, 2.75) is 39.7 Å². The van der Waals surface area contributed by atoms with E-state index in [1.807, 2.05) is 27.7 Å². The number of nitrogens with two attached hydrogens (primary N) is 1. The van der Waals surface area contributed by atoms with Crippen molar-refractivity contribution in [1.29, 1.82) is 0 Å². The molecule has 16 heavy (non-hydrogen) atoms. The molecular formula is C11H22N2O2S. The summed E-state index contributed by atoms with van der Waals surface area (Å²) in [5, 5.41) is 2.81. The van der Waals surface area contributed by atoms with Gasteiger partial charge in [0.2, 0.25) is 5.91 Å². The second-order valence-electron chi connectivity index (χ2n) is 4.27. The molecular weight excluding hydrogens is 224 g/mol. The highest BCUT2D eigenvalue weighted by Crippen LogP contribution is 2.08. The fraction of sp³-hybridized carbons (Fsp3) is 0.818. The van der Waals surface area contributed by atoms with Crippen molar-refractivity contribution in [3.05, 3.63) is 0 Å². The van der Waals surface area contributed by atoms with E-state index >= 15 is 0 Å². The number of ether oxygens (including phenoxy) is 1. The number of rotatable bonds is 7. The summed E-state index contributed by atoms with van der Waals surface area (Å²) in [6.07, 6.45) is 0.621. The van der Waals surface area contributed by atoms with Gasteiger partial charge in [-0.05, 0) is 27.2 Å². The summed E-state index contributed by atoms with van der Waals surface area (Å²) < 4.78 is 5.47. The summed E-state index contributed by atoms with van der Waals surface area (Å²) in [6, 6.07) is 0. The van der Waals surface area contributed by atoms with Crippen LogP contribution in [0.1, 0.15) is 34.1 Å². The van der Waals surface area contributed by atoms with E-state index in [-0.39, 0.29) is 22.4 Å². The first-order chi connectivity index (χ1) is 7.34. The summed E-state index contributed by atoms with van der Waals surface area (Å²) in [5.74, 6) is -0.504. The molecule has 4 nitrogen and oxygen atoms in total. The zero-order valence-corrected chi connectivity index (χ0v) is 11.3. The Hall–Kier alpha value is -0.680. The molecule has 0 aromatic rings. The van der Waals surface area contributed by atoms with Crippen molar-refractivity contribution in [2.75, 3.05) is 13.2 Å². The lowest BCUT2D eigenvalue weighted by Crippen LogP contribution is -2.45. The molecule has 3 N–H and O–H groups in total. The first kappa shape index (κ1) is 15.3. The van der Waals surface area contributed by atoms with Crippen LogP contribution in [-0.2, 0) is 9.53 Å². The van der Waals surface area contributed by atoms with Crippen LogP contribution in [0.15, 0.2) is 0 Å². The Morgan fingerprint density at radius 2 is 2.06 bits per heavy atom. The van der Waals surface area contributed by atoms with Gasteiger partial charge in [-0.2, -0.15) is 0 Å². The van der Waals surface area contributed by atoms with Gasteiger partial charge in [-0.1, -0.05) is 19.1 Å². The Morgan fingerprint density at radius 1 is 1.50 bits per heavy atom. The molecule has 0 rings (SSSR count). The average Bonchev–Trinajstić information content (AvgIpc) is 2.15. The van der Waals surface area contributed by atoms with E-state index in [0.717, 1.165) is 0 Å². The van der Waals surface area contributed by atoms with Gasteiger partial charge >= 0.3 is 0 Å². The molecule has 0 spiro atoms. The SMILES string of the molecule is CCOC(C)(C)CNC(=O)C(CC)C(N)=S. The number of nitrogens with one attached hydrogen (secondary N) is 1. The molecule has 0 aromatic carbocycles. The third-order valence-electron chi connectivity index (χ3n) is 2.29. The van der Waals surface area contributed by atoms with Crippen molar-refractivity contribution < 1.29 is 9.53 Å². The standard InChI is InChI=1S/C11H22N2O2S/c1-5-8(9(12)16)10(14)13-7-11(3,4)15-6-2/h8H,5-7H2,1-4H3,(H2,12,16)(H,13,14). The minimum absolute atomic E-state index is 0.122. The van der Waals surface area contributed by atoms with Crippen LogP contribution in [0.3, 0.4) is 0 Å². The van der Waals surface area contributed by atoms with Crippen LogP contribution in [0, 0.1) is 5.92 Å². The number of hydrogen-bond acceptors (Lipinski definition) is 3. The van der Waals surface area contributed by atoms with Gasteiger partial charge < -0.3 is 15.8 Å². The summed E-state index contributed by atoms with van der Waals surface area (Å²) in [4.78, 5) is 12.0. The second kappa shape index (κ2) is 6.81. The van der Waals surface area contributed by atoms with Gasteiger partial charge in [0.05, 0.1) is 16.5 Å². The number of amides is 1. The zero-order valence-electron chi connectivity index (χ0n) is 10.5. The summed E-state index contributed by atoms with van der Waals surface area (Å²) in [7, 11) is 0. The third kappa shape index (κ3) is 5.42. The van der Waals surface area contributed by atoms with Crippen molar-refractivity contribution in [1.82, 2.24) is 5.32 Å². The van der Waals surface area contributed by atoms with E-state index < -0.39 is 0 Å². The molecule has 1 unspecified atom stereocenters. The second-order valence-corrected chi connectivity index (χ2v) is 4.75. The minimum Gasteiger partial charge on any atom is -0.393 e. The average molecular weight is 246 g/mol. The quantitative estimate of drug-likeness (QED) is 0.663. The van der Waals surface area contributed by atoms with Crippen molar-refractivity contribution in [3.8, 4) is 0 Å². The Bertz CT molecular complexity index is 254. The number of thiocarbonyl (C=S) groups is 1. The fourth-order valence-corrected chi connectivity index (χ4v) is 1.65. The lowest BCUT2D eigenvalue weighted by atomic mass is 10.0. The topological polar surface area (TPSA) is 64.3 Å². The smallest absolute Gasteiger partial charge is 0.230 e. The Balaban J connectivity index is 4.20. The number of hydrogen-bond donors (Lipinski definition) is 2. The van der Waals surface area contributed by atoms with Gasteiger partial charge in [0, 0.05) is 13.2 Å². The van der Waals surface area contributed by atoms with Crippen molar-refractivity contribution in [3.63, 3.8) is 0 Å². The molecule has 0 fully saturated rings. The van der Waals surface area contributed by atoms with Crippen LogP contribution in [0.25, 0.3) is 0 Å². The minimum atomic E-state index is -0.382. The van der Waals surface area contributed by atoms with Gasteiger partial charge in [0.25, 0.3) is 0 Å². The highest BCUT2D eigenvalue weighted by atomic mass is 32.1. The van der Waals surface area contributed by atoms with Gasteiger partial charge in [0.15, 0.2) is 0 Å². The molecule has 5 heteroatoms. The first-order valence-corrected chi connectivity index (χ1v) is 5.95. The molecule has 94 valence electrons. The summed E-state index contributed by atoms with van der Waals surface area (Å²) in [5.41, 5.74) is 5.12. The predicted octanol–water partition coefficient (Wildman–Crippen LogP) is 1.23. The maximum atomic E-state index is 11.7. The normalized spacial score (nSPS) is 13.2. The highest BCUT2D eigenvalue weighted by Gasteiger charge is 2.23. The first-order valence-electron chi connectivity index (χ1n) is 5.55. The van der Waals surface area contributed by atoms with E-state index in [1.165, 1.54) is 0 Å². The third-order valence-corrected chi connectivity index (χ3v) is 2.58. The molecule has 0 radical (unpaired) electrons. The maximum Gasteiger partial charge on any atom is 0.230 e. The molecule has 0 aliphatic heterocycles. The maximum absolute atomic E-state index is 11.7. The van der Waals surface area contributed by atoms with Crippen LogP contribution in [0.2, 0.25) is 0 Å². The number of carbonyl (C=O) groups excluding carboxylic acids is 1. The van der Waals surface area contributed by atoms with E-state index in [2.05, 4.69) is 5.32 Å². The molecule has 0 bridgehead atoms. The molecule has 0 aliphatic rings. The molecule has 0 saturated heterocycles. The van der Waals surface area contributed by atoms with Gasteiger partial charge in [0.1, 0.15) is 0 Å². The monoisotopic (exact) mass is 246 g/mol. The number of carbonyl (C=O) groups is 1. The van der Waals surface area contributed by atoms with E-state index in [1.54, 1.807) is 0 Å². The lowest BCUT2D eigenvalue weighted by Gasteiger charge is -2.26. The fourth-order valence-electron chi connectivity index (χ4n) is 1.38. The van der Waals surface area contributed by atoms with E-state index in [4.69, 9.17) is 22.7 Å². The zero-order chi connectivity index (χ0) is 12.8. The van der Waals surface area contributed by atoms with Crippen LogP contribution in [0.5, 0.6) is 0 Å². The van der Waals surface area contributed by atoms with E-state index in [9.17, 15) is 4.79 Å². The summed E-state index contributed by atoms with van der Waals surface area (Å²) in [6.45, 7) is 8.75. The molecule has 0 heterocycles. The Morgan fingerprint density at radius 3 is 2.44 bits per heavy atom. The van der Waals surface area contributed by atoms with E-state index in [0.29, 0.717) is 19.6 Å². The van der Waals surface area contributed by atoms with Crippen LogP contribution in [0.4, 0.5) is 0 Å². The largest absolute Gasteiger partial charge is 0.393 e. The molecule has 0 saturated carbocycles. The Labute approximate surface area is 103 Å². The predicted molar refractivity (Wildman–Crippen MR) is 69.3 cm³/mol. The lowest BCUT2D eigenvalue weighted by molar-refractivity contribution is -0.124. The molecule has 1 atom stereocenters. The van der Waals surface area contributed by atoms with Crippen LogP contribution >= 0.6 is 12.2 Å². The van der Waals surface area contributed by atoms with Gasteiger partial charge in [-0.15, -0.1) is 0 Å². The molecule has 0 aliphatic carbocycles. The molecule has 1 amide bonds. The highest BCUT2D eigenvalue weighted by molar-refractivity contribution is 7.80. The molecule has 0 aromatic heterocycles. The van der Waals surface area contributed by atoms with Crippen molar-refractivity contribution >= 4 is 23.1 Å². The summed E-state index contributed by atoms with van der Waals surface area (Å²) >= 11 is 4.84. The van der Waals surface area contributed by atoms with Crippen molar-refractivity contribution in [2.24, 2.45) is 11.7 Å².